The minimum absolute atomic E-state index is 0.0733. The number of aromatic hydroxyl groups is 4. The number of nitrogens with zero attached hydrogens (tertiary/aromatic N) is 2. The Hall–Kier alpha value is -4.08. The van der Waals surface area contributed by atoms with Gasteiger partial charge in [0.15, 0.2) is 0 Å². The van der Waals surface area contributed by atoms with Gasteiger partial charge < -0.3 is 20.4 Å². The van der Waals surface area contributed by atoms with Crippen molar-refractivity contribution in [3.8, 4) is 23.0 Å². The van der Waals surface area contributed by atoms with Crippen molar-refractivity contribution in [2.75, 3.05) is 0 Å². The van der Waals surface area contributed by atoms with Gasteiger partial charge in [-0.1, -0.05) is 6.42 Å². The Morgan fingerprint density at radius 1 is 0.710 bits per heavy atom. The van der Waals surface area contributed by atoms with E-state index in [9.17, 15) is 30.0 Å². The van der Waals surface area contributed by atoms with Gasteiger partial charge in [0.1, 0.15) is 23.0 Å². The molecule has 0 atom stereocenters. The van der Waals surface area contributed by atoms with Crippen molar-refractivity contribution < 1.29 is 30.0 Å². The molecule has 31 heavy (non-hydrogen) atoms. The Kier molecular flexibility index (Phi) is 8.84. The molecule has 0 radical (unpaired) electrons. The number of hydrogen-bond acceptors (Lipinski definition) is 8. The zero-order valence-electron chi connectivity index (χ0n) is 16.7. The second-order valence-electron chi connectivity index (χ2n) is 6.63. The van der Waals surface area contributed by atoms with E-state index in [-0.39, 0.29) is 47.7 Å². The summed E-state index contributed by atoms with van der Waals surface area (Å²) in [7, 11) is 0. The van der Waals surface area contributed by atoms with Gasteiger partial charge in [-0.3, -0.25) is 9.59 Å². The van der Waals surface area contributed by atoms with Crippen molar-refractivity contribution in [3.05, 3.63) is 47.5 Å². The summed E-state index contributed by atoms with van der Waals surface area (Å²) in [5, 5.41) is 45.1. The number of carbonyl (C=O) groups is 2. The second-order valence-corrected chi connectivity index (χ2v) is 6.63. The monoisotopic (exact) mass is 428 g/mol. The predicted octanol–water partition coefficient (Wildman–Crippen LogP) is 2.06. The Morgan fingerprint density at radius 2 is 1.13 bits per heavy atom. The average molecular weight is 428 g/mol. The number of hydrogen-bond donors (Lipinski definition) is 6. The highest BCUT2D eigenvalue weighted by molar-refractivity contribution is 5.86. The van der Waals surface area contributed by atoms with Gasteiger partial charge in [0, 0.05) is 36.1 Å². The normalized spacial score (nSPS) is 11.1. The molecule has 2 rings (SSSR count). The van der Waals surface area contributed by atoms with Gasteiger partial charge in [-0.15, -0.1) is 0 Å². The number of phenolic OH excluding ortho intramolecular Hbond substituents is 4. The van der Waals surface area contributed by atoms with E-state index in [0.717, 1.165) is 0 Å². The van der Waals surface area contributed by atoms with Crippen LogP contribution in [0.25, 0.3) is 0 Å². The van der Waals surface area contributed by atoms with Crippen LogP contribution in [-0.2, 0) is 9.59 Å². The van der Waals surface area contributed by atoms with Gasteiger partial charge in [-0.05, 0) is 37.1 Å². The highest BCUT2D eigenvalue weighted by Gasteiger charge is 2.04. The first-order chi connectivity index (χ1) is 14.8. The summed E-state index contributed by atoms with van der Waals surface area (Å²) in [4.78, 5) is 23.5. The molecule has 0 aliphatic heterocycles. The van der Waals surface area contributed by atoms with E-state index >= 15 is 0 Å². The summed E-state index contributed by atoms with van der Waals surface area (Å²) in [5.41, 5.74) is 5.40. The third-order valence-corrected chi connectivity index (χ3v) is 4.12. The molecule has 164 valence electrons. The standard InChI is InChI=1S/C21H24N4O6/c26-16-8-6-14(18(28)10-16)12-22-24-20(30)4-2-1-3-5-21(31)25-23-13-15-7-9-17(27)11-19(15)29/h6-13,26-29H,1-5H2,(H,24,30)(H,25,31)/b22-12+,23-13+. The predicted molar refractivity (Wildman–Crippen MR) is 114 cm³/mol. The number of hydrazone groups is 2. The molecule has 0 aliphatic rings. The van der Waals surface area contributed by atoms with Gasteiger partial charge in [-0.2, -0.15) is 10.2 Å². The Labute approximate surface area is 178 Å². The molecule has 6 N–H and O–H groups in total. The molecule has 0 heterocycles. The van der Waals surface area contributed by atoms with Crippen LogP contribution in [0, 0.1) is 0 Å². The van der Waals surface area contributed by atoms with Crippen LogP contribution in [-0.4, -0.2) is 44.7 Å². The van der Waals surface area contributed by atoms with Crippen LogP contribution in [0.1, 0.15) is 43.2 Å². The Balaban J connectivity index is 1.58. The van der Waals surface area contributed by atoms with E-state index in [4.69, 9.17) is 0 Å². The van der Waals surface area contributed by atoms with Crippen molar-refractivity contribution in [1.82, 2.24) is 10.9 Å². The van der Waals surface area contributed by atoms with Crippen molar-refractivity contribution in [3.63, 3.8) is 0 Å². The molecule has 2 aromatic rings. The minimum atomic E-state index is -0.294. The molecule has 0 bridgehead atoms. The van der Waals surface area contributed by atoms with Crippen LogP contribution >= 0.6 is 0 Å². The molecule has 0 saturated carbocycles. The lowest BCUT2D eigenvalue weighted by Gasteiger charge is -2.02. The van der Waals surface area contributed by atoms with E-state index in [0.29, 0.717) is 30.4 Å². The summed E-state index contributed by atoms with van der Waals surface area (Å²) in [6.45, 7) is 0. The van der Waals surface area contributed by atoms with E-state index in [1.165, 1.54) is 48.8 Å². The number of nitrogens with one attached hydrogen (secondary N) is 2. The van der Waals surface area contributed by atoms with Crippen molar-refractivity contribution in [1.29, 1.82) is 0 Å². The quantitative estimate of drug-likeness (QED) is 0.193. The Bertz CT molecular complexity index is 897. The fraction of sp³-hybridized carbons (Fsp3) is 0.238. The Morgan fingerprint density at radius 3 is 1.52 bits per heavy atom. The molecule has 10 nitrogen and oxygen atoms in total. The van der Waals surface area contributed by atoms with Crippen LogP contribution in [0.2, 0.25) is 0 Å². The first kappa shape index (κ1) is 23.2. The number of amides is 2. The van der Waals surface area contributed by atoms with Gasteiger partial charge >= 0.3 is 0 Å². The van der Waals surface area contributed by atoms with E-state index in [1.54, 1.807) is 0 Å². The lowest BCUT2D eigenvalue weighted by atomic mass is 10.1. The van der Waals surface area contributed by atoms with Gasteiger partial charge in [0.2, 0.25) is 11.8 Å². The highest BCUT2D eigenvalue weighted by atomic mass is 16.3. The second kappa shape index (κ2) is 11.8. The number of phenols is 4. The third-order valence-electron chi connectivity index (χ3n) is 4.12. The first-order valence-electron chi connectivity index (χ1n) is 9.53. The fourth-order valence-corrected chi connectivity index (χ4v) is 2.49. The summed E-state index contributed by atoms with van der Waals surface area (Å²) in [5.74, 6) is -1.04. The fourth-order valence-electron chi connectivity index (χ4n) is 2.49. The summed E-state index contributed by atoms with van der Waals surface area (Å²) in [6.07, 6.45) is 4.82. The van der Waals surface area contributed by atoms with E-state index in [1.807, 2.05) is 0 Å². The number of carbonyl (C=O) groups excluding carboxylic acids is 2. The van der Waals surface area contributed by atoms with E-state index < -0.39 is 0 Å². The number of benzene rings is 2. The molecule has 0 fully saturated rings. The van der Waals surface area contributed by atoms with Crippen LogP contribution < -0.4 is 10.9 Å². The van der Waals surface area contributed by atoms with Crippen LogP contribution in [0.3, 0.4) is 0 Å². The summed E-state index contributed by atoms with van der Waals surface area (Å²) < 4.78 is 0. The molecule has 0 unspecified atom stereocenters. The maximum Gasteiger partial charge on any atom is 0.240 e. The molecule has 10 heteroatoms. The molecule has 2 aromatic carbocycles. The molecular formula is C21H24N4O6. The lowest BCUT2D eigenvalue weighted by molar-refractivity contribution is -0.121. The average Bonchev–Trinajstić information content (AvgIpc) is 2.71. The van der Waals surface area contributed by atoms with Crippen molar-refractivity contribution >= 4 is 24.2 Å². The topological polar surface area (TPSA) is 164 Å². The van der Waals surface area contributed by atoms with E-state index in [2.05, 4.69) is 21.1 Å². The first-order valence-corrected chi connectivity index (χ1v) is 9.53. The lowest BCUT2D eigenvalue weighted by Crippen LogP contribution is -2.18. The summed E-state index contributed by atoms with van der Waals surface area (Å²) >= 11 is 0. The zero-order valence-corrected chi connectivity index (χ0v) is 16.7. The highest BCUT2D eigenvalue weighted by Crippen LogP contribution is 2.21. The molecule has 0 aromatic heterocycles. The molecule has 2 amide bonds. The van der Waals surface area contributed by atoms with Gasteiger partial charge in [-0.25, -0.2) is 10.9 Å². The molecule has 0 aliphatic carbocycles. The molecular weight excluding hydrogens is 404 g/mol. The van der Waals surface area contributed by atoms with Crippen LogP contribution in [0.15, 0.2) is 46.6 Å². The number of unbranched alkanes of at least 4 members (excludes halogenated alkanes) is 2. The maximum absolute atomic E-state index is 11.7. The maximum atomic E-state index is 11.7. The van der Waals surface area contributed by atoms with Crippen LogP contribution in [0.4, 0.5) is 0 Å². The van der Waals surface area contributed by atoms with Crippen molar-refractivity contribution in [2.24, 2.45) is 10.2 Å². The largest absolute Gasteiger partial charge is 0.508 e. The number of rotatable bonds is 10. The van der Waals surface area contributed by atoms with Gasteiger partial charge in [0.05, 0.1) is 12.4 Å². The van der Waals surface area contributed by atoms with Gasteiger partial charge in [0.25, 0.3) is 0 Å². The SMILES string of the molecule is O=C(CCCCCC(=O)N/N=C/c1ccc(O)cc1O)N/N=C/c1ccc(O)cc1O. The molecule has 0 spiro atoms. The third kappa shape index (κ3) is 8.44. The minimum Gasteiger partial charge on any atom is -0.508 e. The zero-order chi connectivity index (χ0) is 22.6. The van der Waals surface area contributed by atoms with Crippen LogP contribution in [0.5, 0.6) is 23.0 Å². The smallest absolute Gasteiger partial charge is 0.240 e. The molecule has 0 saturated heterocycles. The summed E-state index contributed by atoms with van der Waals surface area (Å²) in [6, 6.07) is 8.04. The van der Waals surface area contributed by atoms with Crippen molar-refractivity contribution in [2.45, 2.75) is 32.1 Å².